The maximum Gasteiger partial charge on any atom is 0.274 e. The normalized spacial score (nSPS) is 11.9. The summed E-state index contributed by atoms with van der Waals surface area (Å²) in [6, 6.07) is 16.7. The van der Waals surface area contributed by atoms with Crippen LogP contribution in [0.5, 0.6) is 5.75 Å². The van der Waals surface area contributed by atoms with E-state index in [1.165, 1.54) is 11.3 Å². The lowest BCUT2D eigenvalue weighted by Crippen LogP contribution is -2.22. The molecule has 0 saturated carbocycles. The second-order valence-corrected chi connectivity index (χ2v) is 9.88. The Bertz CT molecular complexity index is 1700. The summed E-state index contributed by atoms with van der Waals surface area (Å²) in [5.41, 5.74) is 6.35. The lowest BCUT2D eigenvalue weighted by Gasteiger charge is -2.09. The number of fused-ring (bicyclic) bond motifs is 3. The predicted octanol–water partition coefficient (Wildman–Crippen LogP) is 5.05. The van der Waals surface area contributed by atoms with E-state index in [2.05, 4.69) is 10.3 Å². The van der Waals surface area contributed by atoms with Crippen LogP contribution >= 0.6 is 22.9 Å². The zero-order valence-corrected chi connectivity index (χ0v) is 21.0. The quantitative estimate of drug-likeness (QED) is 0.364. The minimum atomic E-state index is -0.281. The third-order valence-electron chi connectivity index (χ3n) is 5.80. The maximum absolute atomic E-state index is 13.1. The Hall–Kier alpha value is -3.68. The van der Waals surface area contributed by atoms with Gasteiger partial charge in [-0.15, -0.1) is 0 Å². The fourth-order valence-corrected chi connectivity index (χ4v) is 5.00. The van der Waals surface area contributed by atoms with Crippen LogP contribution in [0.1, 0.15) is 22.3 Å². The number of nitrogens with one attached hydrogen (secondary N) is 1. The number of nitrogens with zero attached hydrogens (tertiary/aromatic N) is 2. The number of hydrogen-bond acceptors (Lipinski definition) is 5. The van der Waals surface area contributed by atoms with Gasteiger partial charge in [0.1, 0.15) is 5.75 Å². The molecule has 0 atom stereocenters. The minimum absolute atomic E-state index is 0.111. The second-order valence-electron chi connectivity index (χ2n) is 8.46. The predicted molar refractivity (Wildman–Crippen MR) is 142 cm³/mol. The highest BCUT2D eigenvalue weighted by molar-refractivity contribution is 7.15. The van der Waals surface area contributed by atoms with Crippen LogP contribution in [0.4, 0.5) is 5.69 Å². The van der Waals surface area contributed by atoms with Gasteiger partial charge in [-0.1, -0.05) is 46.7 Å². The summed E-state index contributed by atoms with van der Waals surface area (Å²) in [6.07, 6.45) is 1.79. The highest BCUT2D eigenvalue weighted by Crippen LogP contribution is 2.26. The Balaban J connectivity index is 1.35. The number of rotatable bonds is 5. The van der Waals surface area contributed by atoms with Crippen LogP contribution in [0, 0.1) is 20.8 Å². The van der Waals surface area contributed by atoms with Gasteiger partial charge in [0, 0.05) is 5.69 Å². The van der Waals surface area contributed by atoms with Crippen molar-refractivity contribution in [1.29, 1.82) is 0 Å². The average Bonchev–Trinajstić information content (AvgIpc) is 3.30. The van der Waals surface area contributed by atoms with Gasteiger partial charge in [0.05, 0.1) is 20.6 Å². The van der Waals surface area contributed by atoms with E-state index in [9.17, 15) is 9.59 Å². The van der Waals surface area contributed by atoms with Crippen molar-refractivity contribution in [3.63, 3.8) is 0 Å². The number of hydrogen-bond donors (Lipinski definition) is 1. The lowest BCUT2D eigenvalue weighted by molar-refractivity contribution is -0.118. The number of imidazole rings is 1. The SMILES string of the molecule is Cc1ccc(NC(=O)COc2ccc(/C=c3\sc4nc5cc(C)c(C)cc5n4c3=O)cc2Cl)cc1. The van der Waals surface area contributed by atoms with Gasteiger partial charge in [-0.3, -0.25) is 9.59 Å². The van der Waals surface area contributed by atoms with Crippen molar-refractivity contribution >= 4 is 56.6 Å². The van der Waals surface area contributed by atoms with Crippen molar-refractivity contribution < 1.29 is 9.53 Å². The van der Waals surface area contributed by atoms with Crippen LogP contribution in [0.3, 0.4) is 0 Å². The van der Waals surface area contributed by atoms with Crippen LogP contribution in [-0.4, -0.2) is 21.9 Å². The van der Waals surface area contributed by atoms with Crippen LogP contribution in [-0.2, 0) is 4.79 Å². The molecule has 5 rings (SSSR count). The van der Waals surface area contributed by atoms with E-state index in [-0.39, 0.29) is 18.1 Å². The molecule has 176 valence electrons. The number of thiazole rings is 1. The molecule has 5 aromatic rings. The molecule has 35 heavy (non-hydrogen) atoms. The van der Waals surface area contributed by atoms with Gasteiger partial charge < -0.3 is 10.1 Å². The molecule has 0 aliphatic heterocycles. The van der Waals surface area contributed by atoms with Crippen molar-refractivity contribution in [3.05, 3.63) is 96.8 Å². The summed E-state index contributed by atoms with van der Waals surface area (Å²) in [6.45, 7) is 5.87. The van der Waals surface area contributed by atoms with Crippen LogP contribution in [0.25, 0.3) is 22.1 Å². The first kappa shape index (κ1) is 23.1. The number of amides is 1. The van der Waals surface area contributed by atoms with Gasteiger partial charge in [0.25, 0.3) is 11.5 Å². The third kappa shape index (κ3) is 4.65. The Kier molecular flexibility index (Phi) is 6.05. The molecule has 0 saturated heterocycles. The second kappa shape index (κ2) is 9.17. The number of halogens is 1. The van der Waals surface area contributed by atoms with E-state index in [1.54, 1.807) is 28.7 Å². The van der Waals surface area contributed by atoms with E-state index >= 15 is 0 Å². The summed E-state index contributed by atoms with van der Waals surface area (Å²) in [5, 5.41) is 3.14. The Morgan fingerprint density at radius 1 is 1.09 bits per heavy atom. The molecule has 0 radical (unpaired) electrons. The first-order valence-electron chi connectivity index (χ1n) is 11.0. The van der Waals surface area contributed by atoms with Gasteiger partial charge in [-0.25, -0.2) is 9.38 Å². The lowest BCUT2D eigenvalue weighted by atomic mass is 10.1. The van der Waals surface area contributed by atoms with E-state index in [0.29, 0.717) is 26.0 Å². The average molecular weight is 504 g/mol. The molecule has 0 aliphatic carbocycles. The number of carbonyl (C=O) groups is 1. The highest BCUT2D eigenvalue weighted by Gasteiger charge is 2.13. The zero-order chi connectivity index (χ0) is 24.7. The number of ether oxygens (including phenoxy) is 1. The van der Waals surface area contributed by atoms with Crippen molar-refractivity contribution in [2.75, 3.05) is 11.9 Å². The van der Waals surface area contributed by atoms with Gasteiger partial charge in [0.2, 0.25) is 0 Å². The monoisotopic (exact) mass is 503 g/mol. The molecule has 3 aromatic carbocycles. The van der Waals surface area contributed by atoms with Gasteiger partial charge >= 0.3 is 0 Å². The van der Waals surface area contributed by atoms with E-state index < -0.39 is 0 Å². The summed E-state index contributed by atoms with van der Waals surface area (Å²) in [7, 11) is 0. The molecule has 0 spiro atoms. The van der Waals surface area contributed by atoms with Crippen molar-refractivity contribution in [2.45, 2.75) is 20.8 Å². The minimum Gasteiger partial charge on any atom is -0.482 e. The molecule has 0 bridgehead atoms. The molecule has 2 heterocycles. The first-order chi connectivity index (χ1) is 16.8. The number of carbonyl (C=O) groups excluding carboxylic acids is 1. The molecule has 8 heteroatoms. The molecule has 2 aromatic heterocycles. The van der Waals surface area contributed by atoms with E-state index in [4.69, 9.17) is 16.3 Å². The summed E-state index contributed by atoms with van der Waals surface area (Å²) >= 11 is 7.73. The smallest absolute Gasteiger partial charge is 0.274 e. The Morgan fingerprint density at radius 3 is 2.57 bits per heavy atom. The number of aromatic nitrogens is 2. The topological polar surface area (TPSA) is 72.7 Å². The molecule has 6 nitrogen and oxygen atoms in total. The largest absolute Gasteiger partial charge is 0.482 e. The molecular weight excluding hydrogens is 482 g/mol. The maximum atomic E-state index is 13.1. The fraction of sp³-hybridized carbons (Fsp3) is 0.148. The van der Waals surface area contributed by atoms with Crippen LogP contribution in [0.2, 0.25) is 5.02 Å². The van der Waals surface area contributed by atoms with E-state index in [1.807, 2.05) is 57.2 Å². The van der Waals surface area contributed by atoms with Crippen molar-refractivity contribution in [1.82, 2.24) is 9.38 Å². The van der Waals surface area contributed by atoms with Crippen LogP contribution < -0.4 is 20.1 Å². The molecule has 0 aliphatic rings. The summed E-state index contributed by atoms with van der Waals surface area (Å²) < 4.78 is 7.82. The Labute approximate surface area is 210 Å². The number of anilines is 1. The zero-order valence-electron chi connectivity index (χ0n) is 19.4. The van der Waals surface area contributed by atoms with Gasteiger partial charge in [-0.2, -0.15) is 0 Å². The van der Waals surface area contributed by atoms with Crippen molar-refractivity contribution in [3.8, 4) is 5.75 Å². The van der Waals surface area contributed by atoms with Crippen LogP contribution in [0.15, 0.2) is 59.4 Å². The number of benzene rings is 3. The highest BCUT2D eigenvalue weighted by atomic mass is 35.5. The fourth-order valence-electron chi connectivity index (χ4n) is 3.77. The Morgan fingerprint density at radius 2 is 1.83 bits per heavy atom. The molecular formula is C27H22ClN3O3S. The molecule has 1 N–H and O–H groups in total. The standard InChI is InChI=1S/C27H22ClN3O3S/c1-15-4-7-19(8-5-15)29-25(32)14-34-23-9-6-18(12-20(23)28)13-24-26(33)31-22-11-17(3)16(2)10-21(22)30-27(31)35-24/h4-13H,14H2,1-3H3,(H,29,32)/b24-13-. The van der Waals surface area contributed by atoms with Crippen molar-refractivity contribution in [2.24, 2.45) is 0 Å². The third-order valence-corrected chi connectivity index (χ3v) is 7.07. The first-order valence-corrected chi connectivity index (χ1v) is 12.2. The summed E-state index contributed by atoms with van der Waals surface area (Å²) in [5.74, 6) is 0.110. The van der Waals surface area contributed by atoms with E-state index in [0.717, 1.165) is 33.3 Å². The van der Waals surface area contributed by atoms with Gasteiger partial charge in [0.15, 0.2) is 11.6 Å². The molecule has 1 amide bonds. The molecule has 0 unspecified atom stereocenters. The molecule has 0 fully saturated rings. The van der Waals surface area contributed by atoms with Gasteiger partial charge in [-0.05, 0) is 79.9 Å². The summed E-state index contributed by atoms with van der Waals surface area (Å²) in [4.78, 5) is 30.6. The number of aryl methyl sites for hydroxylation is 3.